The number of amides is 1. The van der Waals surface area contributed by atoms with Gasteiger partial charge in [0.25, 0.3) is 11.5 Å². The van der Waals surface area contributed by atoms with Crippen molar-refractivity contribution in [3.8, 4) is 0 Å². The Morgan fingerprint density at radius 3 is 2.92 bits per heavy atom. The first kappa shape index (κ1) is 15.9. The molecule has 2 aromatic heterocycles. The van der Waals surface area contributed by atoms with E-state index in [9.17, 15) is 14.0 Å². The fraction of sp³-hybridized carbons (Fsp3) is 0.235. The van der Waals surface area contributed by atoms with E-state index in [1.807, 2.05) is 0 Å². The lowest BCUT2D eigenvalue weighted by Crippen LogP contribution is -2.44. The largest absolute Gasteiger partial charge is 0.370 e. The highest BCUT2D eigenvalue weighted by Gasteiger charge is 2.28. The van der Waals surface area contributed by atoms with Crippen LogP contribution in [0.25, 0.3) is 4.96 Å². The van der Waals surface area contributed by atoms with Crippen LogP contribution in [0.3, 0.4) is 0 Å². The number of aromatic nitrogens is 2. The van der Waals surface area contributed by atoms with Crippen LogP contribution >= 0.6 is 11.3 Å². The zero-order valence-corrected chi connectivity index (χ0v) is 13.9. The predicted octanol–water partition coefficient (Wildman–Crippen LogP) is 2.11. The zero-order valence-electron chi connectivity index (χ0n) is 13.1. The molecule has 1 fully saturated rings. The molecule has 6 nitrogen and oxygen atoms in total. The minimum atomic E-state index is -0.374. The maximum absolute atomic E-state index is 13.1. The molecule has 0 unspecified atom stereocenters. The van der Waals surface area contributed by atoms with Gasteiger partial charge in [0, 0.05) is 24.3 Å². The summed E-state index contributed by atoms with van der Waals surface area (Å²) in [7, 11) is 0. The fourth-order valence-electron chi connectivity index (χ4n) is 2.85. The highest BCUT2D eigenvalue weighted by atomic mass is 32.1. The molecule has 3 heterocycles. The van der Waals surface area contributed by atoms with Crippen molar-refractivity contribution >= 4 is 22.2 Å². The van der Waals surface area contributed by atoms with Gasteiger partial charge in [0.1, 0.15) is 17.5 Å². The van der Waals surface area contributed by atoms with Gasteiger partial charge in [-0.2, -0.15) is 0 Å². The number of fused-ring (bicyclic) bond motifs is 1. The molecule has 1 aliphatic heterocycles. The molecule has 0 saturated carbocycles. The zero-order chi connectivity index (χ0) is 17.4. The third-order valence-corrected chi connectivity index (χ3v) is 4.94. The quantitative estimate of drug-likeness (QED) is 0.703. The number of rotatable bonds is 2. The SMILES string of the molecule is O=C(c1cnc2sccn2c1=O)N1CCO[C@H](c2ccc(F)cc2)C1. The number of benzene rings is 1. The van der Waals surface area contributed by atoms with Crippen LogP contribution in [0, 0.1) is 5.82 Å². The van der Waals surface area contributed by atoms with Crippen LogP contribution in [0.15, 0.2) is 46.8 Å². The molecular formula is C17H14FN3O3S. The first-order valence-electron chi connectivity index (χ1n) is 7.75. The summed E-state index contributed by atoms with van der Waals surface area (Å²) >= 11 is 1.33. The molecule has 8 heteroatoms. The summed E-state index contributed by atoms with van der Waals surface area (Å²) < 4.78 is 20.1. The molecule has 1 aromatic carbocycles. The molecule has 0 bridgehead atoms. The monoisotopic (exact) mass is 359 g/mol. The molecule has 0 radical (unpaired) electrons. The number of halogens is 1. The van der Waals surface area contributed by atoms with Gasteiger partial charge >= 0.3 is 0 Å². The average molecular weight is 359 g/mol. The summed E-state index contributed by atoms with van der Waals surface area (Å²) in [6.07, 6.45) is 2.59. The molecule has 3 aromatic rings. The van der Waals surface area contributed by atoms with Gasteiger partial charge in [-0.1, -0.05) is 12.1 Å². The number of carbonyl (C=O) groups is 1. The molecule has 0 N–H and O–H groups in total. The van der Waals surface area contributed by atoms with E-state index in [2.05, 4.69) is 4.98 Å². The van der Waals surface area contributed by atoms with Crippen molar-refractivity contribution in [1.29, 1.82) is 0 Å². The Morgan fingerprint density at radius 1 is 1.32 bits per heavy atom. The van der Waals surface area contributed by atoms with Gasteiger partial charge in [-0.05, 0) is 17.7 Å². The molecule has 25 heavy (non-hydrogen) atoms. The van der Waals surface area contributed by atoms with Gasteiger partial charge < -0.3 is 9.64 Å². The summed E-state index contributed by atoms with van der Waals surface area (Å²) in [5.74, 6) is -0.691. The van der Waals surface area contributed by atoms with Crippen LogP contribution in [-0.4, -0.2) is 39.9 Å². The van der Waals surface area contributed by atoms with Gasteiger partial charge in [-0.3, -0.25) is 14.0 Å². The van der Waals surface area contributed by atoms with E-state index in [-0.39, 0.29) is 29.0 Å². The molecule has 1 saturated heterocycles. The van der Waals surface area contributed by atoms with Crippen molar-refractivity contribution in [2.24, 2.45) is 0 Å². The van der Waals surface area contributed by atoms with Crippen LogP contribution in [0.5, 0.6) is 0 Å². The van der Waals surface area contributed by atoms with Crippen molar-refractivity contribution in [2.75, 3.05) is 19.7 Å². The standard InChI is InChI=1S/C17H14FN3O3S/c18-12-3-1-11(2-4-12)14-10-20(5-7-24-14)15(22)13-9-19-17-21(16(13)23)6-8-25-17/h1-4,6,8-9,14H,5,7,10H2/t14-/m0/s1. The van der Waals surface area contributed by atoms with Gasteiger partial charge in [0.05, 0.1) is 13.2 Å². The van der Waals surface area contributed by atoms with E-state index in [1.54, 1.807) is 28.6 Å². The first-order chi connectivity index (χ1) is 12.1. The lowest BCUT2D eigenvalue weighted by Gasteiger charge is -2.33. The summed E-state index contributed by atoms with van der Waals surface area (Å²) in [6, 6.07) is 6.00. The molecule has 0 aliphatic carbocycles. The second-order valence-electron chi connectivity index (χ2n) is 5.69. The van der Waals surface area contributed by atoms with Crippen LogP contribution in [0.1, 0.15) is 22.0 Å². The van der Waals surface area contributed by atoms with E-state index in [0.717, 1.165) is 5.56 Å². The Labute approximate surface area is 146 Å². The summed E-state index contributed by atoms with van der Waals surface area (Å²) in [6.45, 7) is 1.04. The average Bonchev–Trinajstić information content (AvgIpc) is 3.12. The predicted molar refractivity (Wildman–Crippen MR) is 90.3 cm³/mol. The van der Waals surface area contributed by atoms with E-state index in [4.69, 9.17) is 4.74 Å². The second-order valence-corrected chi connectivity index (χ2v) is 6.57. The molecule has 128 valence electrons. The Morgan fingerprint density at radius 2 is 2.12 bits per heavy atom. The van der Waals surface area contributed by atoms with Crippen molar-refractivity contribution < 1.29 is 13.9 Å². The van der Waals surface area contributed by atoms with Crippen molar-refractivity contribution in [2.45, 2.75) is 6.10 Å². The molecule has 0 spiro atoms. The van der Waals surface area contributed by atoms with Gasteiger partial charge in [-0.15, -0.1) is 11.3 Å². The first-order valence-corrected chi connectivity index (χ1v) is 8.62. The molecular weight excluding hydrogens is 345 g/mol. The van der Waals surface area contributed by atoms with Crippen LogP contribution in [0.2, 0.25) is 0 Å². The summed E-state index contributed by atoms with van der Waals surface area (Å²) in [5, 5.41) is 1.75. The molecule has 1 amide bonds. The second kappa shape index (κ2) is 6.38. The maximum atomic E-state index is 13.1. The van der Waals surface area contributed by atoms with Crippen molar-refractivity contribution in [3.05, 3.63) is 69.3 Å². The van der Waals surface area contributed by atoms with Gasteiger partial charge in [0.15, 0.2) is 4.96 Å². The van der Waals surface area contributed by atoms with Gasteiger partial charge in [-0.25, -0.2) is 9.37 Å². The van der Waals surface area contributed by atoms with E-state index >= 15 is 0 Å². The minimum absolute atomic E-state index is 0.0376. The third kappa shape index (κ3) is 2.94. The number of hydrogen-bond acceptors (Lipinski definition) is 5. The number of ether oxygens (including phenoxy) is 1. The number of carbonyl (C=O) groups excluding carboxylic acids is 1. The van der Waals surface area contributed by atoms with Crippen LogP contribution < -0.4 is 5.56 Å². The summed E-state index contributed by atoms with van der Waals surface area (Å²) in [5.41, 5.74) is 0.457. The van der Waals surface area contributed by atoms with E-state index < -0.39 is 0 Å². The minimum Gasteiger partial charge on any atom is -0.370 e. The normalized spacial score (nSPS) is 17.8. The molecule has 1 atom stereocenters. The molecule has 1 aliphatic rings. The van der Waals surface area contributed by atoms with Crippen LogP contribution in [-0.2, 0) is 4.74 Å². The van der Waals surface area contributed by atoms with Crippen molar-refractivity contribution in [1.82, 2.24) is 14.3 Å². The number of morpholine rings is 1. The number of thiazole rings is 1. The Balaban J connectivity index is 1.59. The topological polar surface area (TPSA) is 63.9 Å². The van der Waals surface area contributed by atoms with Gasteiger partial charge in [0.2, 0.25) is 0 Å². The van der Waals surface area contributed by atoms with Crippen LogP contribution in [0.4, 0.5) is 4.39 Å². The van der Waals surface area contributed by atoms with Crippen molar-refractivity contribution in [3.63, 3.8) is 0 Å². The number of hydrogen-bond donors (Lipinski definition) is 0. The fourth-order valence-corrected chi connectivity index (χ4v) is 3.53. The highest BCUT2D eigenvalue weighted by Crippen LogP contribution is 2.23. The summed E-state index contributed by atoms with van der Waals surface area (Å²) in [4.78, 5) is 31.5. The van der Waals surface area contributed by atoms with E-state index in [0.29, 0.717) is 24.7 Å². The number of nitrogens with zero attached hydrogens (tertiary/aromatic N) is 3. The lowest BCUT2D eigenvalue weighted by atomic mass is 10.1. The molecule has 4 rings (SSSR count). The Bertz CT molecular complexity index is 983. The lowest BCUT2D eigenvalue weighted by molar-refractivity contribution is -0.0229. The Kier molecular flexibility index (Phi) is 4.06. The maximum Gasteiger partial charge on any atom is 0.271 e. The smallest absolute Gasteiger partial charge is 0.271 e. The third-order valence-electron chi connectivity index (χ3n) is 4.17. The van der Waals surface area contributed by atoms with E-state index in [1.165, 1.54) is 34.1 Å². The highest BCUT2D eigenvalue weighted by molar-refractivity contribution is 7.15. The Hall–Kier alpha value is -2.58.